The lowest BCUT2D eigenvalue weighted by atomic mass is 10.2. The van der Waals surface area contributed by atoms with Crippen LogP contribution in [0.4, 0.5) is 5.69 Å². The highest BCUT2D eigenvalue weighted by atomic mass is 16.5. The van der Waals surface area contributed by atoms with E-state index in [4.69, 9.17) is 15.2 Å². The van der Waals surface area contributed by atoms with Gasteiger partial charge in [0, 0.05) is 11.1 Å². The average Bonchev–Trinajstić information content (AvgIpc) is 2.89. The van der Waals surface area contributed by atoms with Gasteiger partial charge in [-0.05, 0) is 18.2 Å². The number of ether oxygens (including phenoxy) is 2. The maximum Gasteiger partial charge on any atom is 0.257 e. The molecule has 1 aromatic carbocycles. The van der Waals surface area contributed by atoms with E-state index >= 15 is 0 Å². The molecule has 0 amide bonds. The van der Waals surface area contributed by atoms with E-state index in [2.05, 4.69) is 15.1 Å². The zero-order chi connectivity index (χ0) is 14.1. The first-order valence-corrected chi connectivity index (χ1v) is 5.92. The van der Waals surface area contributed by atoms with E-state index in [1.807, 2.05) is 18.2 Å². The van der Waals surface area contributed by atoms with Gasteiger partial charge in [0.15, 0.2) is 0 Å². The number of nitrogen functional groups attached to an aromatic ring is 1. The largest absolute Gasteiger partial charge is 0.481 e. The fraction of sp³-hybridized carbons (Fsp3) is 0.154. The van der Waals surface area contributed by atoms with Crippen LogP contribution in [0.25, 0.3) is 16.9 Å². The average molecular weight is 271 g/mol. The maximum atomic E-state index is 5.81. The molecule has 7 heteroatoms. The summed E-state index contributed by atoms with van der Waals surface area (Å²) in [6.07, 6.45) is 1.73. The van der Waals surface area contributed by atoms with Crippen molar-refractivity contribution < 1.29 is 9.47 Å². The van der Waals surface area contributed by atoms with Crippen molar-refractivity contribution in [2.24, 2.45) is 0 Å². The van der Waals surface area contributed by atoms with Crippen LogP contribution in [0, 0.1) is 0 Å². The van der Waals surface area contributed by atoms with Gasteiger partial charge >= 0.3 is 0 Å². The van der Waals surface area contributed by atoms with Gasteiger partial charge < -0.3 is 15.2 Å². The van der Waals surface area contributed by atoms with Crippen LogP contribution in [0.2, 0.25) is 0 Å². The van der Waals surface area contributed by atoms with Crippen LogP contribution in [0.3, 0.4) is 0 Å². The van der Waals surface area contributed by atoms with E-state index in [9.17, 15) is 0 Å². The van der Waals surface area contributed by atoms with E-state index in [-0.39, 0.29) is 0 Å². The van der Waals surface area contributed by atoms with Crippen LogP contribution in [0.1, 0.15) is 0 Å². The van der Waals surface area contributed by atoms with Crippen LogP contribution in [-0.4, -0.2) is 34.0 Å². The van der Waals surface area contributed by atoms with Crippen LogP contribution in [0.15, 0.2) is 30.5 Å². The number of nitrogens with zero attached hydrogens (tertiary/aromatic N) is 4. The molecular weight excluding hydrogens is 258 g/mol. The van der Waals surface area contributed by atoms with E-state index < -0.39 is 0 Å². The minimum Gasteiger partial charge on any atom is -0.481 e. The fourth-order valence-corrected chi connectivity index (χ4v) is 1.89. The van der Waals surface area contributed by atoms with Crippen LogP contribution in [-0.2, 0) is 0 Å². The zero-order valence-electron chi connectivity index (χ0n) is 11.1. The number of nitrogens with two attached hydrogens (primary N) is 1. The topological polar surface area (TPSA) is 88.1 Å². The lowest BCUT2D eigenvalue weighted by molar-refractivity contribution is 0.370. The first-order valence-electron chi connectivity index (χ1n) is 5.92. The Morgan fingerprint density at radius 3 is 2.40 bits per heavy atom. The number of benzene rings is 1. The van der Waals surface area contributed by atoms with Gasteiger partial charge in [0.05, 0.1) is 32.0 Å². The molecule has 0 unspecified atom stereocenters. The van der Waals surface area contributed by atoms with Crippen LogP contribution >= 0.6 is 0 Å². The number of rotatable bonds is 3. The molecule has 0 radical (unpaired) electrons. The molecule has 3 aromatic rings. The number of hydrogen-bond acceptors (Lipinski definition) is 6. The van der Waals surface area contributed by atoms with Gasteiger partial charge in [0.25, 0.3) is 5.95 Å². The smallest absolute Gasteiger partial charge is 0.257 e. The first kappa shape index (κ1) is 12.2. The van der Waals surface area contributed by atoms with Crippen LogP contribution < -0.4 is 15.2 Å². The lowest BCUT2D eigenvalue weighted by Gasteiger charge is -2.07. The van der Waals surface area contributed by atoms with Crippen molar-refractivity contribution >= 4 is 16.6 Å². The van der Waals surface area contributed by atoms with Crippen molar-refractivity contribution in [1.82, 2.24) is 19.7 Å². The van der Waals surface area contributed by atoms with Crippen molar-refractivity contribution in [2.75, 3.05) is 20.0 Å². The van der Waals surface area contributed by atoms with Crippen molar-refractivity contribution in [3.05, 3.63) is 30.5 Å². The summed E-state index contributed by atoms with van der Waals surface area (Å²) in [5.74, 6) is 1.17. The van der Waals surface area contributed by atoms with E-state index in [1.54, 1.807) is 16.9 Å². The molecule has 3 rings (SSSR count). The molecule has 2 N–H and O–H groups in total. The minimum atomic E-state index is 0.363. The standard InChI is InChI=1S/C13H13N5O2/c1-19-11-6-12(20-2)17-13(16-11)18-10-5-9(14)4-3-8(10)7-15-18/h3-7H,14H2,1-2H3. The summed E-state index contributed by atoms with van der Waals surface area (Å²) in [6.45, 7) is 0. The molecule has 0 bridgehead atoms. The highest BCUT2D eigenvalue weighted by molar-refractivity contribution is 5.82. The summed E-state index contributed by atoms with van der Waals surface area (Å²) in [5, 5.41) is 5.23. The quantitative estimate of drug-likeness (QED) is 0.725. The molecule has 7 nitrogen and oxygen atoms in total. The van der Waals surface area contributed by atoms with E-state index in [1.165, 1.54) is 14.2 Å². The van der Waals surface area contributed by atoms with E-state index in [0.29, 0.717) is 23.4 Å². The molecule has 0 spiro atoms. The molecular formula is C13H13N5O2. The zero-order valence-corrected chi connectivity index (χ0v) is 11.1. The molecule has 0 aliphatic heterocycles. The maximum absolute atomic E-state index is 5.81. The number of aromatic nitrogens is 4. The van der Waals surface area contributed by atoms with Crippen molar-refractivity contribution in [2.45, 2.75) is 0 Å². The lowest BCUT2D eigenvalue weighted by Crippen LogP contribution is -2.05. The summed E-state index contributed by atoms with van der Waals surface area (Å²) in [6, 6.07) is 7.13. The Bertz CT molecular complexity index is 746. The van der Waals surface area contributed by atoms with Gasteiger partial charge in [-0.15, -0.1) is 0 Å². The summed E-state index contributed by atoms with van der Waals surface area (Å²) in [5.41, 5.74) is 7.28. The van der Waals surface area contributed by atoms with Gasteiger partial charge in [-0.25, -0.2) is 0 Å². The second-order valence-corrected chi connectivity index (χ2v) is 4.13. The van der Waals surface area contributed by atoms with Gasteiger partial charge in [-0.2, -0.15) is 19.7 Å². The Balaban J connectivity index is 2.22. The summed E-state index contributed by atoms with van der Waals surface area (Å²) in [7, 11) is 3.06. The van der Waals surface area contributed by atoms with Crippen molar-refractivity contribution in [1.29, 1.82) is 0 Å². The third-order valence-electron chi connectivity index (χ3n) is 2.87. The highest BCUT2D eigenvalue weighted by Crippen LogP contribution is 2.22. The molecule has 0 atom stereocenters. The summed E-state index contributed by atoms with van der Waals surface area (Å²) >= 11 is 0. The van der Waals surface area contributed by atoms with Gasteiger partial charge in [-0.1, -0.05) is 0 Å². The number of anilines is 1. The third-order valence-corrected chi connectivity index (χ3v) is 2.87. The molecule has 0 aliphatic rings. The molecule has 0 saturated heterocycles. The number of hydrogen-bond donors (Lipinski definition) is 1. The van der Waals surface area contributed by atoms with Gasteiger partial charge in [-0.3, -0.25) is 0 Å². The van der Waals surface area contributed by atoms with Crippen molar-refractivity contribution in [3.8, 4) is 17.7 Å². The SMILES string of the molecule is COc1cc(OC)nc(-n2ncc3ccc(N)cc32)n1. The minimum absolute atomic E-state index is 0.363. The number of methoxy groups -OCH3 is 2. The second kappa shape index (κ2) is 4.69. The summed E-state index contributed by atoms with van der Waals surface area (Å²) < 4.78 is 11.9. The Kier molecular flexibility index (Phi) is 2.86. The molecule has 0 fully saturated rings. The fourth-order valence-electron chi connectivity index (χ4n) is 1.89. The molecule has 2 aromatic heterocycles. The normalized spacial score (nSPS) is 10.7. The second-order valence-electron chi connectivity index (χ2n) is 4.13. The van der Waals surface area contributed by atoms with E-state index in [0.717, 1.165) is 10.9 Å². The Morgan fingerprint density at radius 1 is 1.05 bits per heavy atom. The van der Waals surface area contributed by atoms with Gasteiger partial charge in [0.1, 0.15) is 0 Å². The van der Waals surface area contributed by atoms with Crippen molar-refractivity contribution in [3.63, 3.8) is 0 Å². The predicted octanol–water partition coefficient (Wildman–Crippen LogP) is 1.41. The highest BCUT2D eigenvalue weighted by Gasteiger charge is 2.11. The third kappa shape index (κ3) is 1.99. The monoisotopic (exact) mass is 271 g/mol. The molecule has 2 heterocycles. The first-order chi connectivity index (χ1) is 9.71. The Morgan fingerprint density at radius 2 is 1.75 bits per heavy atom. The Labute approximate surface area is 115 Å². The predicted molar refractivity (Wildman–Crippen MR) is 74.2 cm³/mol. The van der Waals surface area contributed by atoms with Crippen LogP contribution in [0.5, 0.6) is 11.8 Å². The summed E-state index contributed by atoms with van der Waals surface area (Å²) in [4.78, 5) is 8.54. The molecule has 0 aliphatic carbocycles. The Hall–Kier alpha value is -2.83. The molecule has 102 valence electrons. The molecule has 0 saturated carbocycles. The number of fused-ring (bicyclic) bond motifs is 1. The van der Waals surface area contributed by atoms with Gasteiger partial charge in [0.2, 0.25) is 11.8 Å². The molecule has 20 heavy (non-hydrogen) atoms.